The second kappa shape index (κ2) is 14.9. The van der Waals surface area contributed by atoms with Crippen molar-refractivity contribution in [1.29, 1.82) is 0 Å². The Balaban J connectivity index is 1.80. The molecule has 2 heterocycles. The quantitative estimate of drug-likeness (QED) is 0.0866. The Bertz CT molecular complexity index is 2190. The van der Waals surface area contributed by atoms with Gasteiger partial charge in [0.15, 0.2) is 0 Å². The Labute approximate surface area is 303 Å². The van der Waals surface area contributed by atoms with Gasteiger partial charge >= 0.3 is 36.9 Å². The molecule has 0 spiro atoms. The van der Waals surface area contributed by atoms with Gasteiger partial charge in [-0.3, -0.25) is 22.7 Å². The van der Waals surface area contributed by atoms with Crippen LogP contribution in [0.3, 0.4) is 0 Å². The number of ether oxygens (including phenoxy) is 3. The molecule has 1 aromatic heterocycles. The van der Waals surface area contributed by atoms with E-state index in [0.717, 1.165) is 6.20 Å². The van der Waals surface area contributed by atoms with E-state index in [9.17, 15) is 52.8 Å². The zero-order valence-electron chi connectivity index (χ0n) is 28.0. The molecule has 1 fully saturated rings. The Hall–Kier alpha value is -4.54. The van der Waals surface area contributed by atoms with Crippen molar-refractivity contribution in [2.75, 3.05) is 20.3 Å². The number of nitrogens with zero attached hydrogens (tertiary/aromatic N) is 1. The summed E-state index contributed by atoms with van der Waals surface area (Å²) >= 11 is 0. The zero-order chi connectivity index (χ0) is 39.7. The first kappa shape index (κ1) is 40.6. The van der Waals surface area contributed by atoms with Gasteiger partial charge in [0, 0.05) is 18.2 Å². The topological polar surface area (TPSA) is 169 Å². The van der Waals surface area contributed by atoms with Crippen molar-refractivity contribution in [3.8, 4) is 5.75 Å². The lowest BCUT2D eigenvalue weighted by molar-refractivity contribution is -0.175. The summed E-state index contributed by atoms with van der Waals surface area (Å²) in [5.41, 5.74) is -18.2. The molecule has 1 N–H and O–H groups in total. The summed E-state index contributed by atoms with van der Waals surface area (Å²) < 4.78 is 158. The number of methoxy groups -OCH3 is 1. The maximum Gasteiger partial charge on any atom is 0.523 e. The molecule has 54 heavy (non-hydrogen) atoms. The second-order valence-corrected chi connectivity index (χ2v) is 15.1. The zero-order valence-corrected chi connectivity index (χ0v) is 29.6. The van der Waals surface area contributed by atoms with Crippen LogP contribution >= 0.6 is 0 Å². The molecule has 2 atom stereocenters. The van der Waals surface area contributed by atoms with Gasteiger partial charge in [0.1, 0.15) is 36.4 Å². The number of aromatic nitrogens is 2. The third kappa shape index (κ3) is 7.96. The van der Waals surface area contributed by atoms with Crippen molar-refractivity contribution in [2.45, 2.75) is 47.9 Å². The highest BCUT2D eigenvalue weighted by Gasteiger charge is 2.59. The minimum Gasteiger partial charge on any atom is -0.497 e. The minimum absolute atomic E-state index is 0.0962. The van der Waals surface area contributed by atoms with Crippen LogP contribution in [0.4, 0.5) is 26.3 Å². The van der Waals surface area contributed by atoms with E-state index in [4.69, 9.17) is 14.2 Å². The van der Waals surface area contributed by atoms with Crippen molar-refractivity contribution in [3.05, 3.63) is 134 Å². The third-order valence-electron chi connectivity index (χ3n) is 8.49. The molecule has 0 saturated carbocycles. The number of aromatic amines is 1. The average molecular weight is 809 g/mol. The fraction of sp³-hybridized carbons (Fsp3) is 0.333. The summed E-state index contributed by atoms with van der Waals surface area (Å²) in [6.07, 6.45) is -3.48. The summed E-state index contributed by atoms with van der Waals surface area (Å²) in [5.74, 6) is 0.372. The van der Waals surface area contributed by atoms with Crippen LogP contribution in [-0.4, -0.2) is 69.4 Å². The van der Waals surface area contributed by atoms with Gasteiger partial charge in [-0.25, -0.2) is 4.79 Å². The number of aryl methyl sites for hydroxylation is 1. The van der Waals surface area contributed by atoms with Crippen molar-refractivity contribution < 1.29 is 65.8 Å². The van der Waals surface area contributed by atoms with E-state index in [1.54, 1.807) is 72.8 Å². The number of H-pyrrole nitrogens is 1. The van der Waals surface area contributed by atoms with Crippen molar-refractivity contribution in [1.82, 2.24) is 9.55 Å². The van der Waals surface area contributed by atoms with Crippen molar-refractivity contribution in [2.24, 2.45) is 0 Å². The van der Waals surface area contributed by atoms with E-state index in [1.807, 2.05) is 4.98 Å². The van der Waals surface area contributed by atoms with Crippen LogP contribution in [0.1, 0.15) is 34.9 Å². The number of rotatable bonds is 13. The number of nitrogens with one attached hydrogen (secondary N) is 1. The smallest absolute Gasteiger partial charge is 0.497 e. The SMILES string of the molecule is COc1ccc(C(O[C@H]2C[C@H](n3cc(C)c(=O)[nH]c3=O)OC2(COS(=O)(=O)C(F)(F)F)COS(=O)(=O)C(F)(F)F)(c2ccccc2)c2ccccc2)cc1. The lowest BCUT2D eigenvalue weighted by Gasteiger charge is -2.42. The van der Waals surface area contributed by atoms with Crippen molar-refractivity contribution in [3.63, 3.8) is 0 Å². The highest BCUT2D eigenvalue weighted by Crippen LogP contribution is 2.49. The molecule has 0 radical (unpaired) electrons. The van der Waals surface area contributed by atoms with Crippen LogP contribution in [0.25, 0.3) is 0 Å². The first-order valence-corrected chi connectivity index (χ1v) is 18.3. The molecule has 21 heteroatoms. The molecular formula is C33H30F6N2O11S2. The molecule has 4 aromatic rings. The van der Waals surface area contributed by atoms with Crippen LogP contribution in [0.5, 0.6) is 5.75 Å². The minimum atomic E-state index is -6.53. The summed E-state index contributed by atoms with van der Waals surface area (Å²) in [6.45, 7) is -2.42. The van der Waals surface area contributed by atoms with Crippen LogP contribution in [0.15, 0.2) is 101 Å². The monoisotopic (exact) mass is 808 g/mol. The molecule has 1 aliphatic rings. The molecule has 5 rings (SSSR count). The van der Waals surface area contributed by atoms with E-state index in [0.29, 0.717) is 21.4 Å². The third-order valence-corrected chi connectivity index (χ3v) is 10.5. The maximum atomic E-state index is 13.6. The summed E-state index contributed by atoms with van der Waals surface area (Å²) in [7, 11) is -11.7. The molecule has 13 nitrogen and oxygen atoms in total. The Kier molecular flexibility index (Phi) is 11.2. The van der Waals surface area contributed by atoms with E-state index >= 15 is 0 Å². The van der Waals surface area contributed by atoms with Crippen LogP contribution < -0.4 is 16.0 Å². The number of benzene rings is 3. The molecular weight excluding hydrogens is 778 g/mol. The van der Waals surface area contributed by atoms with Gasteiger partial charge < -0.3 is 14.2 Å². The second-order valence-electron chi connectivity index (χ2n) is 11.9. The number of hydrogen-bond donors (Lipinski definition) is 1. The van der Waals surface area contributed by atoms with Crippen LogP contribution in [0.2, 0.25) is 0 Å². The largest absolute Gasteiger partial charge is 0.523 e. The van der Waals surface area contributed by atoms with E-state index in [-0.39, 0.29) is 11.1 Å². The number of alkyl halides is 6. The van der Waals surface area contributed by atoms with E-state index in [1.165, 1.54) is 26.2 Å². The van der Waals surface area contributed by atoms with Gasteiger partial charge in [0.2, 0.25) is 0 Å². The van der Waals surface area contributed by atoms with Gasteiger partial charge in [-0.05, 0) is 35.7 Å². The lowest BCUT2D eigenvalue weighted by atomic mass is 9.79. The standard InChI is InChI=1S/C33H30F6N2O11S2/c1-21-18-41(29(43)40-28(21)42)27-17-26(30(52-27,19-49-53(44,45)32(34,35)36)20-50-54(46,47)33(37,38)39)51-31(22-9-5-3-6-10-22,23-11-7-4-8-12-23)24-13-15-25(48-2)16-14-24/h3-16,18,26-27H,17,19-20H2,1-2H3,(H,40,42,43)/t26-,27+/m0/s1. The van der Waals surface area contributed by atoms with E-state index < -0.39 is 85.7 Å². The van der Waals surface area contributed by atoms with Crippen molar-refractivity contribution >= 4 is 20.2 Å². The number of hydrogen-bond acceptors (Lipinski definition) is 11. The predicted molar refractivity (Wildman–Crippen MR) is 176 cm³/mol. The van der Waals surface area contributed by atoms with Gasteiger partial charge in [-0.2, -0.15) is 43.2 Å². The molecule has 0 aliphatic carbocycles. The Morgan fingerprint density at radius 3 is 1.69 bits per heavy atom. The molecule has 0 bridgehead atoms. The highest BCUT2D eigenvalue weighted by atomic mass is 32.2. The highest BCUT2D eigenvalue weighted by molar-refractivity contribution is 7.87. The lowest BCUT2D eigenvalue weighted by Crippen LogP contribution is -2.54. The molecule has 292 valence electrons. The number of halogens is 6. The van der Waals surface area contributed by atoms with Gasteiger partial charge in [0.05, 0.1) is 13.2 Å². The fourth-order valence-corrected chi connectivity index (χ4v) is 6.77. The molecule has 0 amide bonds. The first-order valence-electron chi connectivity index (χ1n) is 15.5. The Morgan fingerprint density at radius 1 is 0.778 bits per heavy atom. The maximum absolute atomic E-state index is 13.6. The summed E-state index contributed by atoms with van der Waals surface area (Å²) in [6, 6.07) is 22.1. The Morgan fingerprint density at radius 2 is 1.24 bits per heavy atom. The molecule has 3 aromatic carbocycles. The fourth-order valence-electron chi connectivity index (χ4n) is 5.79. The van der Waals surface area contributed by atoms with E-state index in [2.05, 4.69) is 8.37 Å². The van der Waals surface area contributed by atoms with Crippen LogP contribution in [0, 0.1) is 6.92 Å². The normalized spacial score (nSPS) is 18.1. The van der Waals surface area contributed by atoms with Gasteiger partial charge in [0.25, 0.3) is 5.56 Å². The average Bonchev–Trinajstić information content (AvgIpc) is 3.48. The first-order chi connectivity index (χ1) is 25.2. The van der Waals surface area contributed by atoms with Gasteiger partial charge in [-0.15, -0.1) is 0 Å². The van der Waals surface area contributed by atoms with Gasteiger partial charge in [-0.1, -0.05) is 72.8 Å². The summed E-state index contributed by atoms with van der Waals surface area (Å²) in [4.78, 5) is 27.2. The molecule has 0 unspecified atom stereocenters. The van der Waals surface area contributed by atoms with Crippen LogP contribution in [-0.2, 0) is 43.7 Å². The summed E-state index contributed by atoms with van der Waals surface area (Å²) in [5, 5.41) is 0. The molecule has 1 aliphatic heterocycles. The molecule has 1 saturated heterocycles. The predicted octanol–water partition coefficient (Wildman–Crippen LogP) is 4.62.